The van der Waals surface area contributed by atoms with E-state index in [-0.39, 0.29) is 11.1 Å². The fourth-order valence-corrected chi connectivity index (χ4v) is 0.903. The molecule has 1 heterocycles. The molecule has 11 heavy (non-hydrogen) atoms. The molecule has 1 rings (SSSR count). The summed E-state index contributed by atoms with van der Waals surface area (Å²) in [6.07, 6.45) is 0. The Morgan fingerprint density at radius 1 is 1.18 bits per heavy atom. The Kier molecular flexibility index (Phi) is 1.81. The summed E-state index contributed by atoms with van der Waals surface area (Å²) in [7, 11) is 0. The molecule has 0 atom stereocenters. The summed E-state index contributed by atoms with van der Waals surface area (Å²) in [5.74, 6) is -0.397. The standard InChI is InChI=1S/C8H10FNO/c1-4-6(3)10-8(11)5(2)7(4)9/h1-3H3,(H,10,11). The molecule has 0 fully saturated rings. The van der Waals surface area contributed by atoms with Crippen LogP contribution in [0.25, 0.3) is 0 Å². The van der Waals surface area contributed by atoms with E-state index in [1.807, 2.05) is 0 Å². The third-order valence-electron chi connectivity index (χ3n) is 1.86. The van der Waals surface area contributed by atoms with Crippen LogP contribution in [0.1, 0.15) is 16.8 Å². The molecule has 0 bridgehead atoms. The zero-order valence-electron chi connectivity index (χ0n) is 6.79. The van der Waals surface area contributed by atoms with Gasteiger partial charge in [-0.2, -0.15) is 0 Å². The summed E-state index contributed by atoms with van der Waals surface area (Å²) < 4.78 is 13.0. The van der Waals surface area contributed by atoms with Crippen molar-refractivity contribution in [2.45, 2.75) is 20.8 Å². The Hall–Kier alpha value is -1.12. The Morgan fingerprint density at radius 3 is 2.27 bits per heavy atom. The first-order valence-electron chi connectivity index (χ1n) is 3.39. The molecular formula is C8H10FNO. The molecule has 1 aromatic heterocycles. The van der Waals surface area contributed by atoms with Crippen molar-refractivity contribution < 1.29 is 4.39 Å². The first kappa shape index (κ1) is 7.98. The quantitative estimate of drug-likeness (QED) is 0.604. The van der Waals surface area contributed by atoms with Gasteiger partial charge >= 0.3 is 0 Å². The monoisotopic (exact) mass is 155 g/mol. The zero-order chi connectivity index (χ0) is 8.59. The van der Waals surface area contributed by atoms with E-state index in [1.165, 1.54) is 6.92 Å². The number of nitrogens with one attached hydrogen (secondary N) is 1. The van der Waals surface area contributed by atoms with E-state index in [0.717, 1.165) is 0 Å². The summed E-state index contributed by atoms with van der Waals surface area (Å²) in [4.78, 5) is 13.5. The zero-order valence-corrected chi connectivity index (χ0v) is 6.79. The maximum Gasteiger partial charge on any atom is 0.254 e. The van der Waals surface area contributed by atoms with Gasteiger partial charge in [-0.3, -0.25) is 4.79 Å². The SMILES string of the molecule is Cc1[nH]c(=O)c(C)c(F)c1C. The van der Waals surface area contributed by atoms with Gasteiger partial charge in [-0.05, 0) is 20.8 Å². The molecule has 0 amide bonds. The molecule has 2 nitrogen and oxygen atoms in total. The van der Waals surface area contributed by atoms with Crippen molar-refractivity contribution in [3.8, 4) is 0 Å². The van der Waals surface area contributed by atoms with Crippen LogP contribution in [0.2, 0.25) is 0 Å². The van der Waals surface area contributed by atoms with Crippen molar-refractivity contribution in [1.29, 1.82) is 0 Å². The van der Waals surface area contributed by atoms with Gasteiger partial charge in [0.2, 0.25) is 0 Å². The number of rotatable bonds is 0. The van der Waals surface area contributed by atoms with E-state index in [0.29, 0.717) is 11.3 Å². The fourth-order valence-electron chi connectivity index (χ4n) is 0.903. The van der Waals surface area contributed by atoms with Crippen LogP contribution in [0.4, 0.5) is 4.39 Å². The van der Waals surface area contributed by atoms with Crippen molar-refractivity contribution >= 4 is 0 Å². The van der Waals surface area contributed by atoms with Gasteiger partial charge in [0.15, 0.2) is 0 Å². The lowest BCUT2D eigenvalue weighted by Crippen LogP contribution is -2.14. The number of pyridine rings is 1. The molecule has 1 N–H and O–H groups in total. The second kappa shape index (κ2) is 2.49. The maximum atomic E-state index is 13.0. The smallest absolute Gasteiger partial charge is 0.254 e. The molecule has 0 radical (unpaired) electrons. The molecule has 0 saturated heterocycles. The van der Waals surface area contributed by atoms with Gasteiger partial charge < -0.3 is 4.98 Å². The van der Waals surface area contributed by atoms with Crippen LogP contribution in [-0.4, -0.2) is 4.98 Å². The highest BCUT2D eigenvalue weighted by Crippen LogP contribution is 2.08. The molecular weight excluding hydrogens is 145 g/mol. The second-order valence-electron chi connectivity index (χ2n) is 2.64. The van der Waals surface area contributed by atoms with Crippen LogP contribution < -0.4 is 5.56 Å². The van der Waals surface area contributed by atoms with E-state index in [1.54, 1.807) is 13.8 Å². The summed E-state index contributed by atoms with van der Waals surface area (Å²) in [5.41, 5.74) is 0.930. The van der Waals surface area contributed by atoms with Gasteiger partial charge in [-0.25, -0.2) is 4.39 Å². The Balaban J connectivity index is 3.59. The van der Waals surface area contributed by atoms with Crippen molar-refractivity contribution in [2.75, 3.05) is 0 Å². The highest BCUT2D eigenvalue weighted by Gasteiger charge is 2.07. The van der Waals surface area contributed by atoms with Crippen molar-refractivity contribution in [2.24, 2.45) is 0 Å². The number of H-pyrrole nitrogens is 1. The van der Waals surface area contributed by atoms with Crippen molar-refractivity contribution in [1.82, 2.24) is 4.98 Å². The Bertz CT molecular complexity index is 341. The number of aryl methyl sites for hydroxylation is 1. The number of aromatic nitrogens is 1. The average molecular weight is 155 g/mol. The second-order valence-corrected chi connectivity index (χ2v) is 2.64. The van der Waals surface area contributed by atoms with E-state index in [2.05, 4.69) is 4.98 Å². The number of halogens is 1. The largest absolute Gasteiger partial charge is 0.326 e. The molecule has 0 unspecified atom stereocenters. The van der Waals surface area contributed by atoms with Crippen LogP contribution in [-0.2, 0) is 0 Å². The van der Waals surface area contributed by atoms with E-state index in [4.69, 9.17) is 0 Å². The molecule has 0 aromatic carbocycles. The molecule has 0 aliphatic heterocycles. The topological polar surface area (TPSA) is 32.9 Å². The van der Waals surface area contributed by atoms with Gasteiger partial charge in [-0.1, -0.05) is 0 Å². The van der Waals surface area contributed by atoms with Crippen LogP contribution in [0.3, 0.4) is 0 Å². The third kappa shape index (κ3) is 1.18. The van der Waals surface area contributed by atoms with Crippen LogP contribution >= 0.6 is 0 Å². The minimum Gasteiger partial charge on any atom is -0.326 e. The lowest BCUT2D eigenvalue weighted by atomic mass is 10.1. The van der Waals surface area contributed by atoms with E-state index in [9.17, 15) is 9.18 Å². The van der Waals surface area contributed by atoms with E-state index < -0.39 is 5.82 Å². The van der Waals surface area contributed by atoms with Gasteiger partial charge in [0.1, 0.15) is 5.82 Å². The number of hydrogen-bond donors (Lipinski definition) is 1. The van der Waals surface area contributed by atoms with Gasteiger partial charge in [0.25, 0.3) is 5.56 Å². The van der Waals surface area contributed by atoms with E-state index >= 15 is 0 Å². The molecule has 3 heteroatoms. The molecule has 0 spiro atoms. The molecule has 0 aliphatic carbocycles. The average Bonchev–Trinajstić information content (AvgIpc) is 1.97. The molecule has 60 valence electrons. The predicted molar refractivity (Wildman–Crippen MR) is 41.2 cm³/mol. The first-order valence-corrected chi connectivity index (χ1v) is 3.39. The lowest BCUT2D eigenvalue weighted by molar-refractivity contribution is 0.600. The van der Waals surface area contributed by atoms with Crippen molar-refractivity contribution in [3.05, 3.63) is 33.0 Å². The summed E-state index contributed by atoms with van der Waals surface area (Å²) in [6.45, 7) is 4.80. The van der Waals surface area contributed by atoms with Gasteiger partial charge in [-0.15, -0.1) is 0 Å². The molecule has 0 saturated carbocycles. The summed E-state index contributed by atoms with van der Waals surface area (Å²) in [5, 5.41) is 0. The highest BCUT2D eigenvalue weighted by molar-refractivity contribution is 5.24. The third-order valence-corrected chi connectivity index (χ3v) is 1.86. The molecule has 1 aromatic rings. The minimum absolute atomic E-state index is 0.160. The maximum absolute atomic E-state index is 13.0. The highest BCUT2D eigenvalue weighted by atomic mass is 19.1. The van der Waals surface area contributed by atoms with Gasteiger partial charge in [0.05, 0.1) is 5.56 Å². The molecule has 0 aliphatic rings. The van der Waals surface area contributed by atoms with Crippen LogP contribution in [0.15, 0.2) is 4.79 Å². The van der Waals surface area contributed by atoms with Gasteiger partial charge in [0, 0.05) is 11.3 Å². The first-order chi connectivity index (χ1) is 5.04. The fraction of sp³-hybridized carbons (Fsp3) is 0.375. The predicted octanol–water partition coefficient (Wildman–Crippen LogP) is 1.44. The lowest BCUT2D eigenvalue weighted by Gasteiger charge is -2.02. The Labute approximate surface area is 64.1 Å². The summed E-state index contributed by atoms with van der Waals surface area (Å²) in [6, 6.07) is 0. The number of hydrogen-bond acceptors (Lipinski definition) is 1. The number of aromatic amines is 1. The van der Waals surface area contributed by atoms with Crippen LogP contribution in [0, 0.1) is 26.6 Å². The van der Waals surface area contributed by atoms with Crippen LogP contribution in [0.5, 0.6) is 0 Å². The summed E-state index contributed by atoms with van der Waals surface area (Å²) >= 11 is 0. The Morgan fingerprint density at radius 2 is 1.73 bits per heavy atom. The normalized spacial score (nSPS) is 10.2. The van der Waals surface area contributed by atoms with Crippen molar-refractivity contribution in [3.63, 3.8) is 0 Å². The minimum atomic E-state index is -0.397.